The second kappa shape index (κ2) is 7.12. The second-order valence-corrected chi connectivity index (χ2v) is 5.32. The van der Waals surface area contributed by atoms with Crippen LogP contribution in [-0.2, 0) is 0 Å². The number of hydrogen-bond donors (Lipinski definition) is 2. The quantitative estimate of drug-likeness (QED) is 0.712. The lowest BCUT2D eigenvalue weighted by molar-refractivity contribution is 0.415. The number of nitrogens with one attached hydrogen (secondary N) is 2. The van der Waals surface area contributed by atoms with E-state index in [1.165, 1.54) is 6.07 Å². The van der Waals surface area contributed by atoms with Gasteiger partial charge in [-0.25, -0.2) is 13.8 Å². The summed E-state index contributed by atoms with van der Waals surface area (Å²) >= 11 is 0. The van der Waals surface area contributed by atoms with Crippen molar-refractivity contribution in [1.29, 1.82) is 0 Å². The molecule has 1 heterocycles. The Morgan fingerprint density at radius 2 is 1.80 bits per heavy atom. The van der Waals surface area contributed by atoms with Crippen LogP contribution in [0.2, 0.25) is 0 Å². The molecule has 128 valence electrons. The predicted molar refractivity (Wildman–Crippen MR) is 92.7 cm³/mol. The molecule has 0 radical (unpaired) electrons. The van der Waals surface area contributed by atoms with Gasteiger partial charge in [0.2, 0.25) is 5.95 Å². The average Bonchev–Trinajstić information content (AvgIpc) is 2.57. The van der Waals surface area contributed by atoms with E-state index in [1.54, 1.807) is 20.1 Å². The molecule has 0 aliphatic rings. The van der Waals surface area contributed by atoms with E-state index in [1.807, 2.05) is 24.3 Å². The van der Waals surface area contributed by atoms with Crippen molar-refractivity contribution in [3.8, 4) is 5.75 Å². The number of hydrogen-bond acceptors (Lipinski definition) is 5. The van der Waals surface area contributed by atoms with E-state index in [0.717, 1.165) is 17.8 Å². The van der Waals surface area contributed by atoms with E-state index in [4.69, 9.17) is 4.74 Å². The first-order chi connectivity index (χ1) is 12.0. The summed E-state index contributed by atoms with van der Waals surface area (Å²) in [5.74, 6) is 0.0881. The van der Waals surface area contributed by atoms with Gasteiger partial charge in [0, 0.05) is 29.6 Å². The van der Waals surface area contributed by atoms with Gasteiger partial charge in [0.25, 0.3) is 0 Å². The van der Waals surface area contributed by atoms with Gasteiger partial charge in [-0.3, -0.25) is 0 Å². The number of nitrogens with zero attached hydrogens (tertiary/aromatic N) is 2. The number of aryl methyl sites for hydroxylation is 1. The van der Waals surface area contributed by atoms with E-state index in [9.17, 15) is 8.78 Å². The van der Waals surface area contributed by atoms with E-state index >= 15 is 0 Å². The molecule has 2 aromatic carbocycles. The smallest absolute Gasteiger partial charge is 0.229 e. The minimum atomic E-state index is -0.715. The van der Waals surface area contributed by atoms with Gasteiger partial charge in [-0.05, 0) is 31.2 Å². The summed E-state index contributed by atoms with van der Waals surface area (Å²) in [5.41, 5.74) is 1.57. The average molecular weight is 342 g/mol. The molecule has 0 spiro atoms. The summed E-state index contributed by atoms with van der Waals surface area (Å²) in [6.07, 6.45) is 0. The zero-order chi connectivity index (χ0) is 17.8. The van der Waals surface area contributed by atoms with Crippen molar-refractivity contribution in [1.82, 2.24) is 9.97 Å². The van der Waals surface area contributed by atoms with Crippen molar-refractivity contribution >= 4 is 23.1 Å². The predicted octanol–water partition coefficient (Wildman–Crippen LogP) is 4.56. The molecule has 5 nitrogen and oxygen atoms in total. The molecular formula is C18H16F2N4O. The molecule has 3 aromatic rings. The summed E-state index contributed by atoms with van der Waals surface area (Å²) in [6, 6.07) is 12.4. The Morgan fingerprint density at radius 3 is 2.56 bits per heavy atom. The number of anilines is 4. The first-order valence-corrected chi connectivity index (χ1v) is 7.52. The highest BCUT2D eigenvalue weighted by atomic mass is 19.1. The maximum atomic E-state index is 13.8. The zero-order valence-electron chi connectivity index (χ0n) is 13.7. The Bertz CT molecular complexity index is 902. The maximum Gasteiger partial charge on any atom is 0.229 e. The van der Waals surface area contributed by atoms with E-state index in [0.29, 0.717) is 17.3 Å². The molecule has 0 saturated carbocycles. The first-order valence-electron chi connectivity index (χ1n) is 7.52. The largest absolute Gasteiger partial charge is 0.497 e. The third-order valence-corrected chi connectivity index (χ3v) is 3.37. The molecule has 0 amide bonds. The van der Waals surface area contributed by atoms with Crippen LogP contribution in [0.3, 0.4) is 0 Å². The van der Waals surface area contributed by atoms with Crippen molar-refractivity contribution in [3.05, 3.63) is 65.9 Å². The fourth-order valence-corrected chi connectivity index (χ4v) is 2.25. The van der Waals surface area contributed by atoms with Gasteiger partial charge in [-0.1, -0.05) is 6.07 Å². The number of halogens is 2. The van der Waals surface area contributed by atoms with Crippen molar-refractivity contribution in [3.63, 3.8) is 0 Å². The molecule has 0 fully saturated rings. The topological polar surface area (TPSA) is 59.1 Å². The highest BCUT2D eigenvalue weighted by molar-refractivity contribution is 5.61. The van der Waals surface area contributed by atoms with Crippen LogP contribution in [0.1, 0.15) is 5.69 Å². The Balaban J connectivity index is 1.84. The number of ether oxygens (including phenoxy) is 1. The molecule has 7 heteroatoms. The van der Waals surface area contributed by atoms with Crippen LogP contribution in [0.25, 0.3) is 0 Å². The third kappa shape index (κ3) is 4.20. The van der Waals surface area contributed by atoms with Crippen LogP contribution >= 0.6 is 0 Å². The summed E-state index contributed by atoms with van der Waals surface area (Å²) in [5, 5.41) is 5.90. The fraction of sp³-hybridized carbons (Fsp3) is 0.111. The van der Waals surface area contributed by atoms with Crippen LogP contribution < -0.4 is 15.4 Å². The van der Waals surface area contributed by atoms with Crippen molar-refractivity contribution < 1.29 is 13.5 Å². The van der Waals surface area contributed by atoms with Crippen molar-refractivity contribution in [2.75, 3.05) is 17.7 Å². The number of benzene rings is 2. The Kier molecular flexibility index (Phi) is 4.74. The van der Waals surface area contributed by atoms with E-state index in [-0.39, 0.29) is 11.6 Å². The standard InChI is InChI=1S/C18H16F2N4O/c1-11-8-17(22-13-4-3-5-14(10-13)25-2)24-18(21-11)23-16-7-6-12(19)9-15(16)20/h3-10H,1-2H3,(H2,21,22,23,24). The maximum absolute atomic E-state index is 13.8. The van der Waals surface area contributed by atoms with Gasteiger partial charge in [-0.2, -0.15) is 4.98 Å². The molecule has 0 aliphatic carbocycles. The summed E-state index contributed by atoms with van der Waals surface area (Å²) in [7, 11) is 1.59. The third-order valence-electron chi connectivity index (χ3n) is 3.37. The summed E-state index contributed by atoms with van der Waals surface area (Å²) < 4.78 is 32.0. The fourth-order valence-electron chi connectivity index (χ4n) is 2.25. The van der Waals surface area contributed by atoms with Gasteiger partial charge >= 0.3 is 0 Å². The Morgan fingerprint density at radius 1 is 0.960 bits per heavy atom. The number of rotatable bonds is 5. The van der Waals surface area contributed by atoms with E-state index < -0.39 is 11.6 Å². The first kappa shape index (κ1) is 16.6. The molecule has 0 aliphatic heterocycles. The molecule has 1 aromatic heterocycles. The van der Waals surface area contributed by atoms with Crippen molar-refractivity contribution in [2.24, 2.45) is 0 Å². The lowest BCUT2D eigenvalue weighted by Gasteiger charge is -2.11. The minimum absolute atomic E-state index is 0.0966. The van der Waals surface area contributed by atoms with Crippen LogP contribution in [0.4, 0.5) is 31.9 Å². The highest BCUT2D eigenvalue weighted by Crippen LogP contribution is 2.23. The highest BCUT2D eigenvalue weighted by Gasteiger charge is 2.08. The lowest BCUT2D eigenvalue weighted by Crippen LogP contribution is -2.03. The lowest BCUT2D eigenvalue weighted by atomic mass is 10.3. The molecular weight excluding hydrogens is 326 g/mol. The van der Waals surface area contributed by atoms with Crippen molar-refractivity contribution in [2.45, 2.75) is 6.92 Å². The monoisotopic (exact) mass is 342 g/mol. The van der Waals surface area contributed by atoms with Crippen LogP contribution in [-0.4, -0.2) is 17.1 Å². The van der Waals surface area contributed by atoms with Crippen LogP contribution in [0.5, 0.6) is 5.75 Å². The second-order valence-electron chi connectivity index (χ2n) is 5.32. The molecule has 3 rings (SSSR count). The van der Waals surface area contributed by atoms with Gasteiger partial charge in [0.1, 0.15) is 23.2 Å². The van der Waals surface area contributed by atoms with Crippen LogP contribution in [0, 0.1) is 18.6 Å². The molecule has 0 atom stereocenters. The Labute approximate surface area is 143 Å². The SMILES string of the molecule is COc1cccc(Nc2cc(C)nc(Nc3ccc(F)cc3F)n2)c1. The number of methoxy groups -OCH3 is 1. The Hall–Kier alpha value is -3.22. The molecule has 0 saturated heterocycles. The van der Waals surface area contributed by atoms with E-state index in [2.05, 4.69) is 20.6 Å². The summed E-state index contributed by atoms with van der Waals surface area (Å²) in [4.78, 5) is 8.53. The zero-order valence-corrected chi connectivity index (χ0v) is 13.7. The summed E-state index contributed by atoms with van der Waals surface area (Å²) in [6.45, 7) is 1.80. The minimum Gasteiger partial charge on any atom is -0.497 e. The van der Waals surface area contributed by atoms with Gasteiger partial charge in [0.15, 0.2) is 0 Å². The molecule has 0 bridgehead atoms. The van der Waals surface area contributed by atoms with Gasteiger partial charge < -0.3 is 15.4 Å². The van der Waals surface area contributed by atoms with Gasteiger partial charge in [0.05, 0.1) is 12.8 Å². The normalized spacial score (nSPS) is 10.4. The number of aromatic nitrogens is 2. The molecule has 2 N–H and O–H groups in total. The van der Waals surface area contributed by atoms with Crippen LogP contribution in [0.15, 0.2) is 48.5 Å². The molecule has 0 unspecified atom stereocenters. The van der Waals surface area contributed by atoms with Gasteiger partial charge in [-0.15, -0.1) is 0 Å². The molecule has 25 heavy (non-hydrogen) atoms.